The summed E-state index contributed by atoms with van der Waals surface area (Å²) in [7, 11) is 0. The molecule has 4 nitrogen and oxygen atoms in total. The Morgan fingerprint density at radius 3 is 2.26 bits per heavy atom. The van der Waals surface area contributed by atoms with Crippen molar-refractivity contribution >= 4 is 33.5 Å². The first-order chi connectivity index (χ1) is 12.7. The number of ether oxygens (including phenoxy) is 1. The summed E-state index contributed by atoms with van der Waals surface area (Å²) in [6.45, 7) is 5.78. The minimum absolute atomic E-state index is 0.106. The summed E-state index contributed by atoms with van der Waals surface area (Å²) in [5, 5.41) is 2.92. The molecule has 4 fully saturated rings. The van der Waals surface area contributed by atoms with Crippen LogP contribution in [0.15, 0.2) is 12.1 Å². The number of hydrogen-bond acceptors (Lipinski definition) is 3. The molecule has 0 aliphatic heterocycles. The standard InChI is InChI=1S/C22H28BrNO3/c1-13-4-14(2)19(15(3)5-13)24-18(25)11-27-20(26)21-7-16-6-17(8-21)10-22(23,9-16)12-21/h4-5,16-17H,6-12H2,1-3H3,(H,24,25). The molecule has 1 aromatic rings. The van der Waals surface area contributed by atoms with Crippen LogP contribution in [0.5, 0.6) is 0 Å². The van der Waals surface area contributed by atoms with Crippen molar-refractivity contribution in [3.63, 3.8) is 0 Å². The van der Waals surface area contributed by atoms with Gasteiger partial charge in [0.15, 0.2) is 6.61 Å². The van der Waals surface area contributed by atoms with Crippen LogP contribution in [0.1, 0.15) is 55.2 Å². The van der Waals surface area contributed by atoms with Gasteiger partial charge in [-0.1, -0.05) is 33.6 Å². The zero-order valence-electron chi connectivity index (χ0n) is 16.4. The van der Waals surface area contributed by atoms with Crippen molar-refractivity contribution in [2.45, 2.75) is 63.6 Å². The Labute approximate surface area is 169 Å². The first-order valence-corrected chi connectivity index (χ1v) is 10.7. The van der Waals surface area contributed by atoms with E-state index >= 15 is 0 Å². The second-order valence-corrected chi connectivity index (χ2v) is 11.0. The first kappa shape index (κ1) is 19.0. The van der Waals surface area contributed by atoms with E-state index in [1.54, 1.807) is 0 Å². The van der Waals surface area contributed by atoms with Crippen molar-refractivity contribution in [1.82, 2.24) is 0 Å². The first-order valence-electron chi connectivity index (χ1n) is 9.92. The van der Waals surface area contributed by atoms with Crippen LogP contribution in [0.2, 0.25) is 0 Å². The second-order valence-electron chi connectivity index (χ2n) is 9.29. The molecule has 4 bridgehead atoms. The Morgan fingerprint density at radius 2 is 1.70 bits per heavy atom. The van der Waals surface area contributed by atoms with Crippen LogP contribution in [0, 0.1) is 38.0 Å². The summed E-state index contributed by atoms with van der Waals surface area (Å²) in [5.74, 6) is 0.791. The minimum Gasteiger partial charge on any atom is -0.455 e. The molecule has 1 N–H and O–H groups in total. The summed E-state index contributed by atoms with van der Waals surface area (Å²) in [5.41, 5.74) is 3.64. The van der Waals surface area contributed by atoms with Crippen LogP contribution in [0.25, 0.3) is 0 Å². The van der Waals surface area contributed by atoms with Gasteiger partial charge in [0.05, 0.1) is 5.41 Å². The molecule has 0 saturated heterocycles. The number of carbonyl (C=O) groups excluding carboxylic acids is 2. The predicted molar refractivity (Wildman–Crippen MR) is 109 cm³/mol. The lowest BCUT2D eigenvalue weighted by Crippen LogP contribution is -2.56. The minimum atomic E-state index is -0.385. The monoisotopic (exact) mass is 433 g/mol. The number of hydrogen-bond donors (Lipinski definition) is 1. The molecule has 2 unspecified atom stereocenters. The zero-order chi connectivity index (χ0) is 19.4. The Morgan fingerprint density at radius 1 is 1.11 bits per heavy atom. The van der Waals surface area contributed by atoms with E-state index in [2.05, 4.69) is 21.2 Å². The van der Waals surface area contributed by atoms with E-state index in [9.17, 15) is 9.59 Å². The van der Waals surface area contributed by atoms with Crippen LogP contribution in [0.3, 0.4) is 0 Å². The van der Waals surface area contributed by atoms with E-state index < -0.39 is 0 Å². The summed E-state index contributed by atoms with van der Waals surface area (Å²) in [4.78, 5) is 25.3. The van der Waals surface area contributed by atoms with Gasteiger partial charge in [-0.05, 0) is 82.3 Å². The maximum absolute atomic E-state index is 13.0. The predicted octanol–water partition coefficient (Wildman–Crippen LogP) is 4.83. The topological polar surface area (TPSA) is 55.4 Å². The molecule has 2 atom stereocenters. The van der Waals surface area contributed by atoms with Crippen LogP contribution < -0.4 is 5.32 Å². The van der Waals surface area contributed by atoms with Gasteiger partial charge in [0, 0.05) is 10.0 Å². The van der Waals surface area contributed by atoms with Crippen LogP contribution in [0.4, 0.5) is 5.69 Å². The largest absolute Gasteiger partial charge is 0.455 e. The van der Waals surface area contributed by atoms with Crippen molar-refractivity contribution in [3.05, 3.63) is 28.8 Å². The maximum Gasteiger partial charge on any atom is 0.312 e. The molecule has 146 valence electrons. The van der Waals surface area contributed by atoms with Gasteiger partial charge >= 0.3 is 5.97 Å². The summed E-state index contributed by atoms with van der Waals surface area (Å²) >= 11 is 3.92. The molecule has 1 aromatic carbocycles. The third-order valence-electron chi connectivity index (χ3n) is 6.70. The fraction of sp³-hybridized carbons (Fsp3) is 0.636. The van der Waals surface area contributed by atoms with Gasteiger partial charge in [0.1, 0.15) is 0 Å². The molecule has 5 heteroatoms. The van der Waals surface area contributed by atoms with Crippen LogP contribution in [-0.2, 0) is 14.3 Å². The number of nitrogens with one attached hydrogen (secondary N) is 1. The van der Waals surface area contributed by atoms with Gasteiger partial charge in [0.2, 0.25) is 0 Å². The van der Waals surface area contributed by atoms with Crippen molar-refractivity contribution in [2.24, 2.45) is 17.3 Å². The number of rotatable bonds is 4. The molecular weight excluding hydrogens is 406 g/mol. The number of amides is 1. The molecule has 0 aromatic heterocycles. The highest BCUT2D eigenvalue weighted by Crippen LogP contribution is 2.64. The highest BCUT2D eigenvalue weighted by Gasteiger charge is 2.60. The molecule has 27 heavy (non-hydrogen) atoms. The number of benzene rings is 1. The van der Waals surface area contributed by atoms with Crippen molar-refractivity contribution in [1.29, 1.82) is 0 Å². The molecule has 4 aliphatic rings. The third-order valence-corrected chi connectivity index (χ3v) is 7.63. The Bertz CT molecular complexity index is 766. The molecule has 1 amide bonds. The Hall–Kier alpha value is -1.36. The molecule has 0 radical (unpaired) electrons. The Kier molecular flexibility index (Phi) is 4.65. The zero-order valence-corrected chi connectivity index (χ0v) is 17.9. The molecule has 4 aliphatic carbocycles. The van der Waals surface area contributed by atoms with Crippen molar-refractivity contribution < 1.29 is 14.3 Å². The van der Waals surface area contributed by atoms with E-state index in [0.717, 1.165) is 36.1 Å². The smallest absolute Gasteiger partial charge is 0.312 e. The van der Waals surface area contributed by atoms with E-state index in [1.807, 2.05) is 32.9 Å². The molecule has 4 saturated carbocycles. The lowest BCUT2D eigenvalue weighted by atomic mass is 9.49. The number of carbonyl (C=O) groups is 2. The average molecular weight is 434 g/mol. The lowest BCUT2D eigenvalue weighted by molar-refractivity contribution is -0.170. The van der Waals surface area contributed by atoms with Gasteiger partial charge < -0.3 is 10.1 Å². The SMILES string of the molecule is Cc1cc(C)c(NC(=O)COC(=O)C23CC4CC(CC(Br)(C4)C2)C3)c(C)c1. The molecular formula is C22H28BrNO3. The van der Waals surface area contributed by atoms with E-state index in [1.165, 1.54) is 24.8 Å². The average Bonchev–Trinajstić information content (AvgIpc) is 2.53. The summed E-state index contributed by atoms with van der Waals surface area (Å²) in [6.07, 6.45) is 6.29. The maximum atomic E-state index is 13.0. The molecule has 0 heterocycles. The molecule has 5 rings (SSSR count). The number of anilines is 1. The Balaban J connectivity index is 1.39. The van der Waals surface area contributed by atoms with E-state index in [-0.39, 0.29) is 28.2 Å². The van der Waals surface area contributed by atoms with Crippen LogP contribution in [-0.4, -0.2) is 22.8 Å². The lowest BCUT2D eigenvalue weighted by Gasteiger charge is -2.58. The number of alkyl halides is 1. The highest BCUT2D eigenvalue weighted by atomic mass is 79.9. The quantitative estimate of drug-likeness (QED) is 0.546. The van der Waals surface area contributed by atoms with Gasteiger partial charge in [-0.3, -0.25) is 9.59 Å². The summed E-state index contributed by atoms with van der Waals surface area (Å²) in [6, 6.07) is 4.08. The fourth-order valence-corrected chi connectivity index (χ4v) is 7.68. The second kappa shape index (κ2) is 6.61. The third kappa shape index (κ3) is 3.55. The molecule has 0 spiro atoms. The van der Waals surface area contributed by atoms with E-state index in [0.29, 0.717) is 11.8 Å². The van der Waals surface area contributed by atoms with Gasteiger partial charge in [-0.15, -0.1) is 0 Å². The van der Waals surface area contributed by atoms with E-state index in [4.69, 9.17) is 4.74 Å². The number of aryl methyl sites for hydroxylation is 3. The van der Waals surface area contributed by atoms with Gasteiger partial charge in [-0.25, -0.2) is 0 Å². The fourth-order valence-electron chi connectivity index (χ4n) is 6.23. The van der Waals surface area contributed by atoms with Crippen molar-refractivity contribution in [3.8, 4) is 0 Å². The number of halogens is 1. The summed E-state index contributed by atoms with van der Waals surface area (Å²) < 4.78 is 5.64. The number of esters is 1. The van der Waals surface area contributed by atoms with Crippen molar-refractivity contribution in [2.75, 3.05) is 11.9 Å². The normalized spacial score (nSPS) is 33.8. The van der Waals surface area contributed by atoms with Crippen LogP contribution >= 0.6 is 15.9 Å². The van der Waals surface area contributed by atoms with Gasteiger partial charge in [-0.2, -0.15) is 0 Å². The van der Waals surface area contributed by atoms with Gasteiger partial charge in [0.25, 0.3) is 5.91 Å². The highest BCUT2D eigenvalue weighted by molar-refractivity contribution is 9.10.